The van der Waals surface area contributed by atoms with Crippen LogP contribution in [-0.4, -0.2) is 68.0 Å². The fraction of sp³-hybridized carbons (Fsp3) is 0.464. The molecule has 1 saturated heterocycles. The van der Waals surface area contributed by atoms with Crippen LogP contribution in [0.25, 0.3) is 10.9 Å². The molecule has 0 radical (unpaired) electrons. The van der Waals surface area contributed by atoms with Crippen molar-refractivity contribution in [3.63, 3.8) is 0 Å². The summed E-state index contributed by atoms with van der Waals surface area (Å²) in [5.41, 5.74) is 7.15. The van der Waals surface area contributed by atoms with Gasteiger partial charge in [0.1, 0.15) is 6.29 Å². The van der Waals surface area contributed by atoms with E-state index in [4.69, 9.17) is 4.98 Å². The van der Waals surface area contributed by atoms with Gasteiger partial charge in [-0.25, -0.2) is 9.97 Å². The van der Waals surface area contributed by atoms with Gasteiger partial charge in [0.2, 0.25) is 5.95 Å². The van der Waals surface area contributed by atoms with Crippen LogP contribution in [0.5, 0.6) is 0 Å². The highest BCUT2D eigenvalue weighted by Gasteiger charge is 2.25. The quantitative estimate of drug-likeness (QED) is 0.499. The zero-order chi connectivity index (χ0) is 24.4. The van der Waals surface area contributed by atoms with Crippen molar-refractivity contribution in [1.29, 1.82) is 0 Å². The van der Waals surface area contributed by atoms with E-state index in [2.05, 4.69) is 76.4 Å². The Bertz CT molecular complexity index is 1180. The standard InChI is InChI=1S/C28H36N6O/c1-20-18-25(32(2)3)26(21-6-4-5-7-21)27-24(20)19-29-28(31-27)30-22-8-10-23(11-9-22)34-14-12-33(13-15-34)16-17-35/h8-11,17-19,21H,4-7,12-16H2,1-3H3,(H,29,30,31). The highest BCUT2D eigenvalue weighted by Crippen LogP contribution is 2.43. The molecule has 1 N–H and O–H groups in total. The van der Waals surface area contributed by atoms with Gasteiger partial charge in [-0.2, -0.15) is 0 Å². The van der Waals surface area contributed by atoms with Crippen LogP contribution in [0.2, 0.25) is 0 Å². The summed E-state index contributed by atoms with van der Waals surface area (Å²) < 4.78 is 0. The molecule has 2 fully saturated rings. The maximum Gasteiger partial charge on any atom is 0.227 e. The average Bonchev–Trinajstić information content (AvgIpc) is 3.39. The Morgan fingerprint density at radius 1 is 1.09 bits per heavy atom. The normalized spacial score (nSPS) is 17.2. The number of aromatic nitrogens is 2. The Hall–Kier alpha value is -3.19. The topological polar surface area (TPSA) is 64.6 Å². The molecule has 2 aliphatic rings. The molecule has 7 nitrogen and oxygen atoms in total. The van der Waals surface area contributed by atoms with Gasteiger partial charge in [-0.05, 0) is 61.6 Å². The largest absolute Gasteiger partial charge is 0.377 e. The Morgan fingerprint density at radius 2 is 1.80 bits per heavy atom. The molecule has 1 aliphatic carbocycles. The number of anilines is 4. The highest BCUT2D eigenvalue weighted by atomic mass is 16.1. The zero-order valence-corrected chi connectivity index (χ0v) is 21.1. The number of nitrogens with one attached hydrogen (secondary N) is 1. The number of fused-ring (bicyclic) bond motifs is 1. The first-order chi connectivity index (χ1) is 17.0. The lowest BCUT2D eigenvalue weighted by Gasteiger charge is -2.35. The number of aldehydes is 1. The average molecular weight is 473 g/mol. The highest BCUT2D eigenvalue weighted by molar-refractivity contribution is 5.91. The number of rotatable bonds is 7. The molecule has 5 rings (SSSR count). The lowest BCUT2D eigenvalue weighted by molar-refractivity contribution is -0.108. The Morgan fingerprint density at radius 3 is 2.46 bits per heavy atom. The van der Waals surface area contributed by atoms with E-state index in [1.807, 2.05) is 6.20 Å². The van der Waals surface area contributed by atoms with Crippen molar-refractivity contribution in [2.45, 2.75) is 38.5 Å². The summed E-state index contributed by atoms with van der Waals surface area (Å²) >= 11 is 0. The summed E-state index contributed by atoms with van der Waals surface area (Å²) in [5.74, 6) is 1.20. The van der Waals surface area contributed by atoms with Gasteiger partial charge in [0.25, 0.3) is 0 Å². The van der Waals surface area contributed by atoms with Crippen LogP contribution < -0.4 is 15.1 Å². The molecule has 1 saturated carbocycles. The third kappa shape index (κ3) is 4.96. The van der Waals surface area contributed by atoms with Crippen molar-refractivity contribution in [2.24, 2.45) is 0 Å². The Balaban J connectivity index is 1.39. The molecule has 0 amide bonds. The summed E-state index contributed by atoms with van der Waals surface area (Å²) in [6, 6.07) is 10.8. The van der Waals surface area contributed by atoms with Gasteiger partial charge in [-0.1, -0.05) is 12.8 Å². The van der Waals surface area contributed by atoms with Gasteiger partial charge in [0, 0.05) is 74.5 Å². The predicted octanol–water partition coefficient (Wildman–Crippen LogP) is 4.73. The van der Waals surface area contributed by atoms with Crippen LogP contribution in [0.15, 0.2) is 36.5 Å². The Kier molecular flexibility index (Phi) is 6.86. The fourth-order valence-electron chi connectivity index (χ4n) is 5.58. The van der Waals surface area contributed by atoms with Gasteiger partial charge in [-0.3, -0.25) is 4.90 Å². The van der Waals surface area contributed by atoms with Crippen molar-refractivity contribution in [2.75, 3.05) is 61.9 Å². The molecule has 1 aliphatic heterocycles. The second-order valence-corrected chi connectivity index (χ2v) is 10.1. The summed E-state index contributed by atoms with van der Waals surface area (Å²) in [4.78, 5) is 27.3. The van der Waals surface area contributed by atoms with Crippen LogP contribution in [0.3, 0.4) is 0 Å². The van der Waals surface area contributed by atoms with Crippen molar-refractivity contribution in [3.8, 4) is 0 Å². The van der Waals surface area contributed by atoms with Gasteiger partial charge >= 0.3 is 0 Å². The first kappa shape index (κ1) is 23.5. The summed E-state index contributed by atoms with van der Waals surface area (Å²) in [6.07, 6.45) is 8.02. The number of hydrogen-bond acceptors (Lipinski definition) is 7. The molecule has 1 aromatic heterocycles. The van der Waals surface area contributed by atoms with Gasteiger partial charge in [-0.15, -0.1) is 0 Å². The third-order valence-electron chi connectivity index (χ3n) is 7.54. The van der Waals surface area contributed by atoms with E-state index in [-0.39, 0.29) is 0 Å². The number of aryl methyl sites for hydroxylation is 1. The van der Waals surface area contributed by atoms with Crippen LogP contribution >= 0.6 is 0 Å². The van der Waals surface area contributed by atoms with Crippen LogP contribution in [0.1, 0.15) is 42.7 Å². The smallest absolute Gasteiger partial charge is 0.227 e. The third-order valence-corrected chi connectivity index (χ3v) is 7.54. The first-order valence-electron chi connectivity index (χ1n) is 12.8. The van der Waals surface area contributed by atoms with Crippen molar-refractivity contribution >= 4 is 40.2 Å². The van der Waals surface area contributed by atoms with Gasteiger partial charge < -0.3 is 19.9 Å². The molecule has 0 spiro atoms. The van der Waals surface area contributed by atoms with Crippen molar-refractivity contribution < 1.29 is 4.79 Å². The van der Waals surface area contributed by atoms with Gasteiger partial charge in [0.05, 0.1) is 12.1 Å². The lowest BCUT2D eigenvalue weighted by atomic mass is 9.91. The number of hydrogen-bond donors (Lipinski definition) is 1. The van der Waals surface area contributed by atoms with Crippen molar-refractivity contribution in [1.82, 2.24) is 14.9 Å². The molecule has 0 atom stereocenters. The lowest BCUT2D eigenvalue weighted by Crippen LogP contribution is -2.46. The zero-order valence-electron chi connectivity index (χ0n) is 21.1. The molecule has 35 heavy (non-hydrogen) atoms. The van der Waals surface area contributed by atoms with Crippen LogP contribution in [0, 0.1) is 6.92 Å². The SMILES string of the molecule is Cc1cc(N(C)C)c(C2CCCC2)c2nc(Nc3ccc(N4CCN(CC=O)CC4)cc3)ncc12. The van der Waals surface area contributed by atoms with Crippen molar-refractivity contribution in [3.05, 3.63) is 47.7 Å². The minimum Gasteiger partial charge on any atom is -0.377 e. The molecular formula is C28H36N6O. The number of carbonyl (C=O) groups is 1. The summed E-state index contributed by atoms with van der Waals surface area (Å²) in [6.45, 7) is 6.39. The molecule has 3 aromatic rings. The predicted molar refractivity (Wildman–Crippen MR) is 144 cm³/mol. The number of piperazine rings is 1. The molecule has 184 valence electrons. The van der Waals surface area contributed by atoms with Gasteiger partial charge in [0.15, 0.2) is 0 Å². The molecule has 7 heteroatoms. The van der Waals surface area contributed by atoms with E-state index in [9.17, 15) is 4.79 Å². The molecule has 0 bridgehead atoms. The Labute approximate surface area is 208 Å². The van der Waals surface area contributed by atoms with Crippen LogP contribution in [0.4, 0.5) is 23.0 Å². The van der Waals surface area contributed by atoms with E-state index in [1.54, 1.807) is 0 Å². The minimum atomic E-state index is 0.528. The van der Waals surface area contributed by atoms with E-state index >= 15 is 0 Å². The van der Waals surface area contributed by atoms with E-state index in [0.717, 1.165) is 49.1 Å². The minimum absolute atomic E-state index is 0.528. The maximum atomic E-state index is 10.8. The molecule has 0 unspecified atom stereocenters. The number of benzene rings is 2. The summed E-state index contributed by atoms with van der Waals surface area (Å²) in [5, 5.41) is 4.58. The number of nitrogens with zero attached hydrogens (tertiary/aromatic N) is 5. The van der Waals surface area contributed by atoms with Crippen LogP contribution in [-0.2, 0) is 4.79 Å². The second-order valence-electron chi connectivity index (χ2n) is 10.1. The monoisotopic (exact) mass is 472 g/mol. The second kappa shape index (κ2) is 10.2. The maximum absolute atomic E-state index is 10.8. The van der Waals surface area contributed by atoms with E-state index < -0.39 is 0 Å². The molecular weight excluding hydrogens is 436 g/mol. The summed E-state index contributed by atoms with van der Waals surface area (Å²) in [7, 11) is 4.26. The first-order valence-corrected chi connectivity index (χ1v) is 12.8. The number of carbonyl (C=O) groups excluding carboxylic acids is 1. The van der Waals surface area contributed by atoms with E-state index in [0.29, 0.717) is 18.4 Å². The molecule has 2 heterocycles. The molecule has 2 aromatic carbocycles. The fourth-order valence-corrected chi connectivity index (χ4v) is 5.58. The van der Waals surface area contributed by atoms with E-state index in [1.165, 1.54) is 48.2 Å².